The van der Waals surface area contributed by atoms with E-state index in [9.17, 15) is 4.79 Å². The van der Waals surface area contributed by atoms with E-state index in [0.717, 1.165) is 29.5 Å². The Morgan fingerprint density at radius 1 is 1.17 bits per heavy atom. The molecular weight excluding hydrogens is 226 g/mol. The quantitative estimate of drug-likeness (QED) is 0.749. The van der Waals surface area contributed by atoms with Crippen molar-refractivity contribution in [3.63, 3.8) is 0 Å². The van der Waals surface area contributed by atoms with Gasteiger partial charge >= 0.3 is 5.97 Å². The Morgan fingerprint density at radius 3 is 2.33 bits per heavy atom. The number of nitrogens with zero attached hydrogens (tertiary/aromatic N) is 1. The fraction of sp³-hybridized carbons (Fsp3) is 0.467. The van der Waals surface area contributed by atoms with Gasteiger partial charge in [-0.1, -0.05) is 19.9 Å². The minimum atomic E-state index is -0.236. The minimum absolute atomic E-state index is 0.236. The predicted octanol–water partition coefficient (Wildman–Crippen LogP) is 2.79. The van der Waals surface area contributed by atoms with Crippen molar-refractivity contribution in [2.75, 3.05) is 6.61 Å². The van der Waals surface area contributed by atoms with Crippen LogP contribution in [0.4, 0.5) is 0 Å². The number of esters is 1. The first-order valence-corrected chi connectivity index (χ1v) is 6.36. The van der Waals surface area contributed by atoms with Crippen LogP contribution >= 0.6 is 0 Å². The minimum Gasteiger partial charge on any atom is -0.466 e. The van der Waals surface area contributed by atoms with Gasteiger partial charge < -0.3 is 4.74 Å². The number of rotatable bonds is 5. The molecule has 0 fully saturated rings. The second-order valence-electron chi connectivity index (χ2n) is 4.08. The van der Waals surface area contributed by atoms with Crippen LogP contribution in [-0.2, 0) is 28.8 Å². The van der Waals surface area contributed by atoms with Crippen molar-refractivity contribution in [3.05, 3.63) is 34.4 Å². The molecule has 0 unspecified atom stereocenters. The Morgan fingerprint density at radius 2 is 1.83 bits per heavy atom. The fourth-order valence-electron chi connectivity index (χ4n) is 2.00. The van der Waals surface area contributed by atoms with Crippen molar-refractivity contribution in [1.82, 2.24) is 0 Å². The smallest absolute Gasteiger partial charge is 0.310 e. The molecule has 0 aromatic heterocycles. The van der Waals surface area contributed by atoms with E-state index in [4.69, 9.17) is 10.00 Å². The highest BCUT2D eigenvalue weighted by atomic mass is 16.5. The van der Waals surface area contributed by atoms with Crippen LogP contribution in [0.5, 0.6) is 0 Å². The first-order valence-electron chi connectivity index (χ1n) is 6.36. The Labute approximate surface area is 108 Å². The van der Waals surface area contributed by atoms with E-state index in [0.29, 0.717) is 12.2 Å². The summed E-state index contributed by atoms with van der Waals surface area (Å²) in [6.07, 6.45) is 1.93. The van der Waals surface area contributed by atoms with Gasteiger partial charge in [-0.15, -0.1) is 0 Å². The molecule has 3 heteroatoms. The molecule has 0 saturated heterocycles. The average molecular weight is 245 g/mol. The highest BCUT2D eigenvalue weighted by Crippen LogP contribution is 2.19. The molecule has 3 nitrogen and oxygen atoms in total. The maximum absolute atomic E-state index is 11.5. The topological polar surface area (TPSA) is 50.1 Å². The van der Waals surface area contributed by atoms with Gasteiger partial charge in [-0.2, -0.15) is 5.26 Å². The van der Waals surface area contributed by atoms with E-state index in [1.807, 2.05) is 19.1 Å². The molecule has 18 heavy (non-hydrogen) atoms. The van der Waals surface area contributed by atoms with Crippen molar-refractivity contribution in [3.8, 4) is 6.07 Å². The lowest BCUT2D eigenvalue weighted by Crippen LogP contribution is -2.10. The molecule has 1 aromatic rings. The van der Waals surface area contributed by atoms with Crippen molar-refractivity contribution < 1.29 is 9.53 Å². The zero-order valence-corrected chi connectivity index (χ0v) is 11.2. The van der Waals surface area contributed by atoms with E-state index in [2.05, 4.69) is 13.0 Å². The third-order valence-electron chi connectivity index (χ3n) is 2.95. The maximum atomic E-state index is 11.5. The Bertz CT molecular complexity index is 472. The SMILES string of the molecule is CCOC(=O)Cc1cc(C#N)c(CC)cc1CC. The third kappa shape index (κ3) is 3.33. The maximum Gasteiger partial charge on any atom is 0.310 e. The molecule has 96 valence electrons. The molecule has 0 saturated carbocycles. The number of aryl methyl sites for hydroxylation is 2. The van der Waals surface area contributed by atoms with Gasteiger partial charge in [0, 0.05) is 0 Å². The lowest BCUT2D eigenvalue weighted by molar-refractivity contribution is -0.142. The third-order valence-corrected chi connectivity index (χ3v) is 2.95. The summed E-state index contributed by atoms with van der Waals surface area (Å²) in [5.41, 5.74) is 3.74. The average Bonchev–Trinajstić information content (AvgIpc) is 2.38. The van der Waals surface area contributed by atoms with Crippen molar-refractivity contribution in [2.45, 2.75) is 40.0 Å². The van der Waals surface area contributed by atoms with E-state index >= 15 is 0 Å². The second-order valence-corrected chi connectivity index (χ2v) is 4.08. The summed E-state index contributed by atoms with van der Waals surface area (Å²) in [5, 5.41) is 9.11. The van der Waals surface area contributed by atoms with Crippen LogP contribution in [0.25, 0.3) is 0 Å². The molecule has 0 atom stereocenters. The van der Waals surface area contributed by atoms with Crippen molar-refractivity contribution in [2.24, 2.45) is 0 Å². The van der Waals surface area contributed by atoms with E-state index < -0.39 is 0 Å². The molecule has 0 aliphatic carbocycles. The van der Waals surface area contributed by atoms with Gasteiger partial charge in [-0.25, -0.2) is 0 Å². The Hall–Kier alpha value is -1.82. The first kappa shape index (κ1) is 14.2. The van der Waals surface area contributed by atoms with Gasteiger partial charge in [0.25, 0.3) is 0 Å². The second kappa shape index (κ2) is 6.80. The fourth-order valence-corrected chi connectivity index (χ4v) is 2.00. The zero-order valence-electron chi connectivity index (χ0n) is 11.2. The molecule has 0 N–H and O–H groups in total. The molecule has 0 aliphatic heterocycles. The predicted molar refractivity (Wildman–Crippen MR) is 70.3 cm³/mol. The molecule has 0 aliphatic rings. The Kier molecular flexibility index (Phi) is 5.38. The number of hydrogen-bond acceptors (Lipinski definition) is 3. The van der Waals surface area contributed by atoms with Gasteiger partial charge in [-0.3, -0.25) is 4.79 Å². The summed E-state index contributed by atoms with van der Waals surface area (Å²) in [4.78, 5) is 11.5. The summed E-state index contributed by atoms with van der Waals surface area (Å²) < 4.78 is 4.95. The number of nitriles is 1. The van der Waals surface area contributed by atoms with Gasteiger partial charge in [0.15, 0.2) is 0 Å². The van der Waals surface area contributed by atoms with E-state index in [1.54, 1.807) is 6.92 Å². The normalized spacial score (nSPS) is 9.89. The highest BCUT2D eigenvalue weighted by molar-refractivity contribution is 5.73. The van der Waals surface area contributed by atoms with Gasteiger partial charge in [0.1, 0.15) is 0 Å². The van der Waals surface area contributed by atoms with Gasteiger partial charge in [0.05, 0.1) is 24.7 Å². The zero-order chi connectivity index (χ0) is 13.5. The first-order chi connectivity index (χ1) is 8.65. The molecule has 0 heterocycles. The van der Waals surface area contributed by atoms with Crippen LogP contribution in [0.2, 0.25) is 0 Å². The van der Waals surface area contributed by atoms with Crippen molar-refractivity contribution >= 4 is 5.97 Å². The Balaban J connectivity index is 3.10. The van der Waals surface area contributed by atoms with Gasteiger partial charge in [0.2, 0.25) is 0 Å². The van der Waals surface area contributed by atoms with Crippen LogP contribution in [0.1, 0.15) is 43.0 Å². The number of ether oxygens (including phenoxy) is 1. The number of hydrogen-bond donors (Lipinski definition) is 0. The highest BCUT2D eigenvalue weighted by Gasteiger charge is 2.11. The summed E-state index contributed by atoms with van der Waals surface area (Å²) in [5.74, 6) is -0.236. The molecule has 1 rings (SSSR count). The summed E-state index contributed by atoms with van der Waals surface area (Å²) in [6, 6.07) is 6.05. The summed E-state index contributed by atoms with van der Waals surface area (Å²) >= 11 is 0. The lowest BCUT2D eigenvalue weighted by atomic mass is 9.94. The molecule has 0 radical (unpaired) electrons. The summed E-state index contributed by atoms with van der Waals surface area (Å²) in [7, 11) is 0. The summed E-state index contributed by atoms with van der Waals surface area (Å²) in [6.45, 7) is 6.26. The molecular formula is C15H19NO2. The van der Waals surface area contributed by atoms with Crippen LogP contribution in [0, 0.1) is 11.3 Å². The van der Waals surface area contributed by atoms with Crippen LogP contribution in [-0.4, -0.2) is 12.6 Å². The van der Waals surface area contributed by atoms with Crippen LogP contribution < -0.4 is 0 Å². The standard InChI is InChI=1S/C15H19NO2/c1-4-11-7-12(5-2)14(10-16)8-13(11)9-15(17)18-6-3/h7-8H,4-6,9H2,1-3H3. The van der Waals surface area contributed by atoms with Gasteiger partial charge in [-0.05, 0) is 42.5 Å². The largest absolute Gasteiger partial charge is 0.466 e. The number of benzene rings is 1. The van der Waals surface area contributed by atoms with Crippen LogP contribution in [0.15, 0.2) is 12.1 Å². The van der Waals surface area contributed by atoms with E-state index in [1.165, 1.54) is 0 Å². The number of carbonyl (C=O) groups excluding carboxylic acids is 1. The number of carbonyl (C=O) groups is 1. The molecule has 0 bridgehead atoms. The monoisotopic (exact) mass is 245 g/mol. The molecule has 0 amide bonds. The molecule has 1 aromatic carbocycles. The lowest BCUT2D eigenvalue weighted by Gasteiger charge is -2.11. The van der Waals surface area contributed by atoms with Crippen LogP contribution in [0.3, 0.4) is 0 Å². The van der Waals surface area contributed by atoms with Crippen molar-refractivity contribution in [1.29, 1.82) is 5.26 Å². The molecule has 0 spiro atoms. The van der Waals surface area contributed by atoms with E-state index in [-0.39, 0.29) is 12.4 Å².